The normalized spacial score (nSPS) is 9.84. The molecule has 1 aromatic heterocycles. The number of hydrogen-bond acceptors (Lipinski definition) is 5. The number of rotatable bonds is 3. The maximum absolute atomic E-state index is 10.7. The molecule has 0 fully saturated rings. The third kappa shape index (κ3) is 2.25. The molecule has 94 valence electrons. The van der Waals surface area contributed by atoms with E-state index >= 15 is 0 Å². The van der Waals surface area contributed by atoms with Crippen LogP contribution in [-0.2, 0) is 0 Å². The van der Waals surface area contributed by atoms with Crippen LogP contribution in [0.4, 0.5) is 5.69 Å². The van der Waals surface area contributed by atoms with E-state index in [2.05, 4.69) is 4.98 Å². The second-order valence-electron chi connectivity index (χ2n) is 3.54. The largest absolute Gasteiger partial charge is 0.476 e. The topological polar surface area (TPSA) is 122 Å². The first-order valence-electron chi connectivity index (χ1n) is 4.99. The fourth-order valence-corrected chi connectivity index (χ4v) is 1.51. The first-order valence-corrected chi connectivity index (χ1v) is 4.99. The van der Waals surface area contributed by atoms with E-state index in [1.807, 2.05) is 0 Å². The summed E-state index contributed by atoms with van der Waals surface area (Å²) in [5.41, 5.74) is -0.142. The Morgan fingerprint density at radius 3 is 2.79 bits per heavy atom. The average Bonchev–Trinajstić information content (AvgIpc) is 2.87. The van der Waals surface area contributed by atoms with Crippen LogP contribution in [0.5, 0.6) is 0 Å². The molecular weight excluding hydrogens is 252 g/mol. The lowest BCUT2D eigenvalue weighted by molar-refractivity contribution is -0.385. The summed E-state index contributed by atoms with van der Waals surface area (Å²) in [6.07, 6.45) is 2.51. The van der Waals surface area contributed by atoms with Crippen LogP contribution in [0.1, 0.15) is 16.1 Å². The molecule has 0 aliphatic heterocycles. The lowest BCUT2D eigenvalue weighted by atomic mass is 10.2. The number of nitriles is 1. The maximum Gasteiger partial charge on any atom is 0.356 e. The molecule has 2 aromatic rings. The fourth-order valence-electron chi connectivity index (χ4n) is 1.51. The summed E-state index contributed by atoms with van der Waals surface area (Å²) in [5.74, 6) is -1.18. The number of carbonyl (C=O) groups is 1. The van der Waals surface area contributed by atoms with Crippen molar-refractivity contribution in [3.63, 3.8) is 0 Å². The molecule has 0 aliphatic carbocycles. The molecule has 1 N–H and O–H groups in total. The van der Waals surface area contributed by atoms with Crippen molar-refractivity contribution >= 4 is 11.7 Å². The molecule has 0 saturated carbocycles. The van der Waals surface area contributed by atoms with Crippen LogP contribution in [0, 0.1) is 21.4 Å². The number of carboxylic acids is 1. The van der Waals surface area contributed by atoms with Crippen molar-refractivity contribution in [2.24, 2.45) is 0 Å². The number of aromatic nitrogens is 2. The van der Waals surface area contributed by atoms with Gasteiger partial charge >= 0.3 is 5.97 Å². The maximum atomic E-state index is 10.7. The van der Waals surface area contributed by atoms with Crippen molar-refractivity contribution in [3.05, 3.63) is 52.1 Å². The van der Waals surface area contributed by atoms with Gasteiger partial charge in [-0.05, 0) is 12.1 Å². The Kier molecular flexibility index (Phi) is 2.95. The third-order valence-corrected chi connectivity index (χ3v) is 2.40. The smallest absolute Gasteiger partial charge is 0.356 e. The highest BCUT2D eigenvalue weighted by molar-refractivity contribution is 5.85. The van der Waals surface area contributed by atoms with Crippen LogP contribution < -0.4 is 0 Å². The number of nitro groups is 1. The van der Waals surface area contributed by atoms with Crippen molar-refractivity contribution in [1.82, 2.24) is 9.55 Å². The molecule has 0 spiro atoms. The van der Waals surface area contributed by atoms with E-state index in [9.17, 15) is 14.9 Å². The summed E-state index contributed by atoms with van der Waals surface area (Å²) in [6.45, 7) is 0. The zero-order chi connectivity index (χ0) is 14.0. The van der Waals surface area contributed by atoms with Gasteiger partial charge in [-0.15, -0.1) is 0 Å². The highest BCUT2D eigenvalue weighted by Gasteiger charge is 2.15. The Morgan fingerprint density at radius 2 is 2.26 bits per heavy atom. The summed E-state index contributed by atoms with van der Waals surface area (Å²) in [5, 5.41) is 28.3. The predicted molar refractivity (Wildman–Crippen MR) is 61.9 cm³/mol. The second kappa shape index (κ2) is 4.58. The van der Waals surface area contributed by atoms with Crippen LogP contribution in [-0.4, -0.2) is 25.6 Å². The number of nitro benzene ring substituents is 1. The van der Waals surface area contributed by atoms with Crippen LogP contribution >= 0.6 is 0 Å². The second-order valence-corrected chi connectivity index (χ2v) is 3.54. The van der Waals surface area contributed by atoms with E-state index in [1.54, 1.807) is 6.07 Å². The number of nitrogens with zero attached hydrogens (tertiary/aromatic N) is 4. The van der Waals surface area contributed by atoms with Crippen LogP contribution in [0.25, 0.3) is 5.69 Å². The van der Waals surface area contributed by atoms with Gasteiger partial charge in [-0.2, -0.15) is 5.26 Å². The van der Waals surface area contributed by atoms with Gasteiger partial charge in [0.2, 0.25) is 0 Å². The molecule has 0 saturated heterocycles. The Morgan fingerprint density at radius 1 is 1.53 bits per heavy atom. The fraction of sp³-hybridized carbons (Fsp3) is 0. The molecule has 0 radical (unpaired) electrons. The first kappa shape index (κ1) is 12.3. The van der Waals surface area contributed by atoms with Crippen LogP contribution in [0.2, 0.25) is 0 Å². The molecule has 19 heavy (non-hydrogen) atoms. The molecule has 1 aromatic carbocycles. The number of carboxylic acid groups (broad SMARTS) is 1. The molecule has 0 amide bonds. The minimum Gasteiger partial charge on any atom is -0.476 e. The molecule has 0 unspecified atom stereocenters. The number of hydrogen-bond donors (Lipinski definition) is 1. The van der Waals surface area contributed by atoms with Gasteiger partial charge in [-0.3, -0.25) is 10.1 Å². The van der Waals surface area contributed by atoms with Gasteiger partial charge in [-0.25, -0.2) is 9.78 Å². The van der Waals surface area contributed by atoms with E-state index in [0.29, 0.717) is 5.69 Å². The van der Waals surface area contributed by atoms with Gasteiger partial charge in [0.05, 0.1) is 4.92 Å². The molecule has 0 atom stereocenters. The van der Waals surface area contributed by atoms with Gasteiger partial charge in [0.15, 0.2) is 5.69 Å². The molecule has 0 bridgehead atoms. The lowest BCUT2D eigenvalue weighted by Crippen LogP contribution is -1.97. The van der Waals surface area contributed by atoms with Crippen molar-refractivity contribution in [3.8, 4) is 11.8 Å². The van der Waals surface area contributed by atoms with Gasteiger partial charge < -0.3 is 9.67 Å². The van der Waals surface area contributed by atoms with E-state index in [0.717, 1.165) is 0 Å². The summed E-state index contributed by atoms with van der Waals surface area (Å²) < 4.78 is 1.37. The molecule has 8 heteroatoms. The predicted octanol–water partition coefficient (Wildman–Crippen LogP) is 1.35. The lowest BCUT2D eigenvalue weighted by Gasteiger charge is -2.02. The standard InChI is InChI=1S/C11H6N4O4/c12-4-7-3-8(1-2-10(7)15(18)19)14-5-9(11(16)17)13-6-14/h1-3,5-6H,(H,16,17). The van der Waals surface area contributed by atoms with E-state index in [1.165, 1.54) is 35.3 Å². The van der Waals surface area contributed by atoms with E-state index in [-0.39, 0.29) is 16.9 Å². The summed E-state index contributed by atoms with van der Waals surface area (Å²) in [4.78, 5) is 24.4. The summed E-state index contributed by atoms with van der Waals surface area (Å²) in [6, 6.07) is 5.62. The number of aromatic carboxylic acids is 1. The minimum absolute atomic E-state index is 0.104. The molecule has 2 rings (SSSR count). The number of imidazole rings is 1. The SMILES string of the molecule is N#Cc1cc(-n2cnc(C(=O)O)c2)ccc1[N+](=O)[O-]. The van der Waals surface area contributed by atoms with Crippen molar-refractivity contribution < 1.29 is 14.8 Å². The molecule has 1 heterocycles. The zero-order valence-electron chi connectivity index (χ0n) is 9.35. The third-order valence-electron chi connectivity index (χ3n) is 2.40. The van der Waals surface area contributed by atoms with E-state index < -0.39 is 10.9 Å². The van der Waals surface area contributed by atoms with E-state index in [4.69, 9.17) is 10.4 Å². The summed E-state index contributed by atoms with van der Waals surface area (Å²) >= 11 is 0. The van der Waals surface area contributed by atoms with Crippen LogP contribution in [0.15, 0.2) is 30.7 Å². The first-order chi connectivity index (χ1) is 9.02. The van der Waals surface area contributed by atoms with Crippen molar-refractivity contribution in [1.29, 1.82) is 5.26 Å². The van der Waals surface area contributed by atoms with Crippen molar-refractivity contribution in [2.45, 2.75) is 0 Å². The van der Waals surface area contributed by atoms with Gasteiger partial charge in [0.25, 0.3) is 5.69 Å². The monoisotopic (exact) mass is 258 g/mol. The quantitative estimate of drug-likeness (QED) is 0.654. The highest BCUT2D eigenvalue weighted by atomic mass is 16.6. The average molecular weight is 258 g/mol. The molecular formula is C11H6N4O4. The Hall–Kier alpha value is -3.21. The Bertz CT molecular complexity index is 714. The zero-order valence-corrected chi connectivity index (χ0v) is 9.35. The molecule has 0 aliphatic rings. The minimum atomic E-state index is -1.18. The summed E-state index contributed by atoms with van der Waals surface area (Å²) in [7, 11) is 0. The Balaban J connectivity index is 2.49. The van der Waals surface area contributed by atoms with Gasteiger partial charge in [0.1, 0.15) is 18.0 Å². The highest BCUT2D eigenvalue weighted by Crippen LogP contribution is 2.21. The van der Waals surface area contributed by atoms with Crippen LogP contribution in [0.3, 0.4) is 0 Å². The molecule has 8 nitrogen and oxygen atoms in total. The van der Waals surface area contributed by atoms with Crippen molar-refractivity contribution in [2.75, 3.05) is 0 Å². The number of benzene rings is 1. The Labute approximate surface area is 106 Å². The van der Waals surface area contributed by atoms with Gasteiger partial charge in [0, 0.05) is 18.0 Å². The van der Waals surface area contributed by atoms with Gasteiger partial charge in [-0.1, -0.05) is 0 Å².